The second-order valence-electron chi connectivity index (χ2n) is 7.29. The number of alkyl halides is 1. The van der Waals surface area contributed by atoms with Crippen molar-refractivity contribution >= 4 is 49.4 Å². The first-order valence-corrected chi connectivity index (χ1v) is 12.1. The smallest absolute Gasteiger partial charge is 0.301 e. The van der Waals surface area contributed by atoms with Crippen LogP contribution >= 0.6 is 22.6 Å². The molecule has 0 bridgehead atoms. The third kappa shape index (κ3) is 4.50. The van der Waals surface area contributed by atoms with Gasteiger partial charge in [-0.15, -0.1) is 0 Å². The molecule has 1 aromatic heterocycles. The average molecular weight is 587 g/mol. The normalized spacial score (nSPS) is 16.6. The van der Waals surface area contributed by atoms with Gasteiger partial charge < -0.3 is 4.74 Å². The first-order chi connectivity index (χ1) is 15.6. The summed E-state index contributed by atoms with van der Waals surface area (Å²) < 4.78 is 63.7. The van der Waals surface area contributed by atoms with Crippen molar-refractivity contribution in [1.82, 2.24) is 13.9 Å². The van der Waals surface area contributed by atoms with E-state index >= 15 is 0 Å². The van der Waals surface area contributed by atoms with Gasteiger partial charge in [-0.05, 0) is 36.8 Å². The highest BCUT2D eigenvalue weighted by atomic mass is 127. The summed E-state index contributed by atoms with van der Waals surface area (Å²) in [6.45, 7) is -0.317. The second kappa shape index (κ2) is 8.84. The minimum atomic E-state index is -4.16. The van der Waals surface area contributed by atoms with Crippen LogP contribution in [0.1, 0.15) is 12.0 Å². The van der Waals surface area contributed by atoms with E-state index in [1.165, 1.54) is 22.8 Å². The van der Waals surface area contributed by atoms with Crippen LogP contribution in [0.4, 0.5) is 14.5 Å². The molecule has 2 aromatic carbocycles. The van der Waals surface area contributed by atoms with Crippen LogP contribution in [0.25, 0.3) is 10.9 Å². The van der Waals surface area contributed by atoms with Gasteiger partial charge in [-0.3, -0.25) is 14.1 Å². The number of anilines is 1. The molecule has 2 heterocycles. The molecule has 1 aliphatic rings. The molecule has 1 fully saturated rings. The van der Waals surface area contributed by atoms with Crippen molar-refractivity contribution in [3.05, 3.63) is 55.9 Å². The van der Waals surface area contributed by atoms with Crippen molar-refractivity contribution in [2.24, 2.45) is 7.05 Å². The monoisotopic (exact) mass is 587 g/mol. The van der Waals surface area contributed by atoms with E-state index in [1.807, 2.05) is 22.6 Å². The second-order valence-corrected chi connectivity index (χ2v) is 9.92. The van der Waals surface area contributed by atoms with Crippen molar-refractivity contribution < 1.29 is 21.9 Å². The van der Waals surface area contributed by atoms with E-state index < -0.39 is 33.5 Å². The number of aromatic nitrogens is 2. The molecule has 13 heteroatoms. The van der Waals surface area contributed by atoms with Crippen LogP contribution in [0, 0.1) is 21.0 Å². The van der Waals surface area contributed by atoms with Gasteiger partial charge in [-0.25, -0.2) is 13.8 Å². The average Bonchev–Trinajstić information content (AvgIpc) is 3.22. The molecule has 0 spiro atoms. The number of hydrogen-bond donors (Lipinski definition) is 1. The number of fused-ring (bicyclic) bond motifs is 1. The number of rotatable bonds is 5. The topological polar surface area (TPSA) is 117 Å². The Hall–Kier alpha value is -2.83. The molecule has 0 aliphatic carbocycles. The zero-order valence-electron chi connectivity index (χ0n) is 17.0. The summed E-state index contributed by atoms with van der Waals surface area (Å²) in [6, 6.07) is 8.12. The van der Waals surface area contributed by atoms with Crippen LogP contribution < -0.4 is 15.0 Å². The predicted octanol–water partition coefficient (Wildman–Crippen LogP) is 3.04. The van der Waals surface area contributed by atoms with Gasteiger partial charge in [0.25, 0.3) is 5.56 Å². The molecule has 3 aromatic rings. The number of ether oxygens (including phenoxy) is 1. The summed E-state index contributed by atoms with van der Waals surface area (Å²) in [5, 5.41) is 9.84. The van der Waals surface area contributed by atoms with E-state index in [2.05, 4.69) is 9.71 Å². The Labute approximate surface area is 200 Å². The Morgan fingerprint density at radius 2 is 2.09 bits per heavy atom. The van der Waals surface area contributed by atoms with Gasteiger partial charge in [-0.2, -0.15) is 18.0 Å². The van der Waals surface area contributed by atoms with E-state index in [9.17, 15) is 27.3 Å². The van der Waals surface area contributed by atoms with Crippen LogP contribution in [-0.2, 0) is 17.3 Å². The predicted molar refractivity (Wildman–Crippen MR) is 125 cm³/mol. The molecule has 1 aliphatic heterocycles. The summed E-state index contributed by atoms with van der Waals surface area (Å²) in [5.41, 5.74) is -0.546. The van der Waals surface area contributed by atoms with Gasteiger partial charge >= 0.3 is 10.2 Å². The molecule has 33 heavy (non-hydrogen) atoms. The summed E-state index contributed by atoms with van der Waals surface area (Å²) in [6.07, 6.45) is -1.21. The molecule has 1 N–H and O–H groups in total. The van der Waals surface area contributed by atoms with E-state index in [0.717, 1.165) is 16.4 Å². The summed E-state index contributed by atoms with van der Waals surface area (Å²) in [5.74, 6) is -1.37. The number of benzene rings is 2. The quantitative estimate of drug-likeness (QED) is 0.363. The van der Waals surface area contributed by atoms with Crippen LogP contribution in [0.15, 0.2) is 35.1 Å². The van der Waals surface area contributed by atoms with E-state index in [4.69, 9.17) is 4.74 Å². The Bertz CT molecular complexity index is 1470. The first kappa shape index (κ1) is 23.3. The minimum Gasteiger partial charge on any atom is -0.453 e. The molecule has 0 saturated carbocycles. The summed E-state index contributed by atoms with van der Waals surface area (Å²) in [4.78, 5) is 16.8. The highest BCUT2D eigenvalue weighted by Crippen LogP contribution is 2.34. The fraction of sp³-hybridized carbons (Fsp3) is 0.250. The molecule has 0 radical (unpaired) electrons. The van der Waals surface area contributed by atoms with Gasteiger partial charge in [0.05, 0.1) is 16.6 Å². The molecule has 4 rings (SSSR count). The SMILES string of the molecule is Cn1c(I)nc2ccc(Oc3c(F)ccc(NS(=O)(=O)N4CC[C@@H](F)C4)c3C#N)cc2c1=O. The molecule has 172 valence electrons. The van der Waals surface area contributed by atoms with Crippen molar-refractivity contribution in [2.45, 2.75) is 12.6 Å². The number of nitriles is 1. The Morgan fingerprint density at radius 3 is 2.76 bits per heavy atom. The molecule has 1 atom stereocenters. The number of nitrogens with one attached hydrogen (secondary N) is 1. The molecular formula is C20H16F2IN5O4S. The van der Waals surface area contributed by atoms with Crippen molar-refractivity contribution in [1.29, 1.82) is 5.26 Å². The van der Waals surface area contributed by atoms with Crippen LogP contribution in [0.3, 0.4) is 0 Å². The molecule has 0 unspecified atom stereocenters. The van der Waals surface area contributed by atoms with Gasteiger partial charge in [0.2, 0.25) is 0 Å². The Balaban J connectivity index is 1.72. The van der Waals surface area contributed by atoms with Gasteiger partial charge in [0, 0.05) is 42.7 Å². The fourth-order valence-corrected chi connectivity index (χ4v) is 5.13. The highest BCUT2D eigenvalue weighted by Gasteiger charge is 2.32. The molecular weight excluding hydrogens is 571 g/mol. The maximum Gasteiger partial charge on any atom is 0.301 e. The number of halogens is 3. The number of nitrogens with zero attached hydrogens (tertiary/aromatic N) is 4. The molecule has 0 amide bonds. The lowest BCUT2D eigenvalue weighted by molar-refractivity contribution is 0.343. The Kier molecular flexibility index (Phi) is 6.25. The summed E-state index contributed by atoms with van der Waals surface area (Å²) >= 11 is 1.92. The zero-order valence-corrected chi connectivity index (χ0v) is 20.0. The third-order valence-corrected chi connectivity index (χ3v) is 7.56. The lowest BCUT2D eigenvalue weighted by atomic mass is 10.1. The standard InChI is InChI=1S/C20H16F2IN5O4S/c1-27-19(29)13-8-12(2-4-16(13)25-20(27)23)32-18-14(9-24)17(5-3-15(18)22)26-33(30,31)28-7-6-11(21)10-28/h2-5,8,11,26H,6-7,10H2,1H3/t11-/m1/s1. The van der Waals surface area contributed by atoms with E-state index in [1.54, 1.807) is 13.1 Å². The van der Waals surface area contributed by atoms with Crippen LogP contribution in [0.2, 0.25) is 0 Å². The van der Waals surface area contributed by atoms with E-state index in [-0.39, 0.29) is 41.9 Å². The third-order valence-electron chi connectivity index (χ3n) is 5.11. The summed E-state index contributed by atoms with van der Waals surface area (Å²) in [7, 11) is -2.61. The van der Waals surface area contributed by atoms with Crippen molar-refractivity contribution in [3.8, 4) is 17.6 Å². The highest BCUT2D eigenvalue weighted by molar-refractivity contribution is 14.1. The minimum absolute atomic E-state index is 0.0119. The molecule has 9 nitrogen and oxygen atoms in total. The largest absolute Gasteiger partial charge is 0.453 e. The lowest BCUT2D eigenvalue weighted by Gasteiger charge is -2.18. The van der Waals surface area contributed by atoms with Gasteiger partial charge in [-0.1, -0.05) is 0 Å². The van der Waals surface area contributed by atoms with Gasteiger partial charge in [0.15, 0.2) is 15.4 Å². The van der Waals surface area contributed by atoms with Crippen LogP contribution in [-0.4, -0.2) is 41.5 Å². The maximum atomic E-state index is 14.6. The van der Waals surface area contributed by atoms with Crippen molar-refractivity contribution in [3.63, 3.8) is 0 Å². The first-order valence-electron chi connectivity index (χ1n) is 9.59. The maximum absolute atomic E-state index is 14.6. The zero-order chi connectivity index (χ0) is 23.9. The van der Waals surface area contributed by atoms with Crippen molar-refractivity contribution in [2.75, 3.05) is 17.8 Å². The fourth-order valence-electron chi connectivity index (χ4n) is 3.37. The lowest BCUT2D eigenvalue weighted by Crippen LogP contribution is -2.34. The van der Waals surface area contributed by atoms with Gasteiger partial charge in [0.1, 0.15) is 23.6 Å². The molecule has 1 saturated heterocycles. The van der Waals surface area contributed by atoms with Crippen LogP contribution in [0.5, 0.6) is 11.5 Å². The number of hydrogen-bond acceptors (Lipinski definition) is 6. The Morgan fingerprint density at radius 1 is 1.33 bits per heavy atom. The van der Waals surface area contributed by atoms with E-state index in [0.29, 0.717) is 9.35 Å².